The van der Waals surface area contributed by atoms with Crippen molar-refractivity contribution in [3.05, 3.63) is 11.9 Å². The molecule has 0 aromatic rings. The summed E-state index contributed by atoms with van der Waals surface area (Å²) in [6, 6.07) is 0. The van der Waals surface area contributed by atoms with E-state index in [1.54, 1.807) is 20.8 Å². The molecule has 15 heavy (non-hydrogen) atoms. The van der Waals surface area contributed by atoms with Crippen LogP contribution in [-0.2, 0) is 4.74 Å². The van der Waals surface area contributed by atoms with Crippen LogP contribution in [0, 0.1) is 0 Å². The number of hydrogen-bond donors (Lipinski definition) is 0. The summed E-state index contributed by atoms with van der Waals surface area (Å²) in [5, 5.41) is 0. The zero-order valence-corrected chi connectivity index (χ0v) is 10.7. The van der Waals surface area contributed by atoms with Gasteiger partial charge in [-0.3, -0.25) is 0 Å². The van der Waals surface area contributed by atoms with Gasteiger partial charge in [-0.2, -0.15) is 0 Å². The van der Waals surface area contributed by atoms with Gasteiger partial charge in [0.15, 0.2) is 0 Å². The van der Waals surface area contributed by atoms with E-state index in [9.17, 15) is 9.18 Å². The number of carbonyl (C=O) groups excluding carboxylic acids is 1. The van der Waals surface area contributed by atoms with Crippen molar-refractivity contribution in [2.24, 2.45) is 0 Å². The minimum Gasteiger partial charge on any atom is -0.444 e. The van der Waals surface area contributed by atoms with Crippen molar-refractivity contribution in [3.8, 4) is 0 Å². The van der Waals surface area contributed by atoms with E-state index in [4.69, 9.17) is 4.74 Å². The topological polar surface area (TPSA) is 29.5 Å². The van der Waals surface area contributed by atoms with Crippen LogP contribution in [0.5, 0.6) is 0 Å². The monoisotopic (exact) mass is 279 g/mol. The van der Waals surface area contributed by atoms with E-state index in [2.05, 4.69) is 15.9 Å². The molecule has 1 amide bonds. The highest BCUT2D eigenvalue weighted by Crippen LogP contribution is 2.21. The van der Waals surface area contributed by atoms with E-state index in [0.29, 0.717) is 6.54 Å². The lowest BCUT2D eigenvalue weighted by atomic mass is 10.2. The predicted octanol–water partition coefficient (Wildman–Crippen LogP) is 2.85. The molecule has 0 saturated heterocycles. The van der Waals surface area contributed by atoms with Crippen molar-refractivity contribution in [2.75, 3.05) is 13.1 Å². The number of ether oxygens (including phenoxy) is 1. The molecule has 0 radical (unpaired) electrons. The van der Waals surface area contributed by atoms with Gasteiger partial charge in [0, 0.05) is 13.1 Å². The molecular formula is C10H15BrFNO2. The third-order valence-corrected chi connectivity index (χ3v) is 2.57. The van der Waals surface area contributed by atoms with Gasteiger partial charge < -0.3 is 9.64 Å². The molecule has 0 bridgehead atoms. The van der Waals surface area contributed by atoms with Crippen LogP contribution in [0.2, 0.25) is 0 Å². The fourth-order valence-corrected chi connectivity index (χ4v) is 1.69. The molecule has 1 rings (SSSR count). The third-order valence-electron chi connectivity index (χ3n) is 1.84. The van der Waals surface area contributed by atoms with E-state index >= 15 is 0 Å². The lowest BCUT2D eigenvalue weighted by Gasteiger charge is -2.30. The number of alkyl halides is 1. The average molecular weight is 280 g/mol. The fourth-order valence-electron chi connectivity index (χ4n) is 1.16. The van der Waals surface area contributed by atoms with E-state index in [1.165, 1.54) is 11.0 Å². The van der Waals surface area contributed by atoms with Crippen LogP contribution in [0.15, 0.2) is 11.9 Å². The maximum atomic E-state index is 13.0. The normalized spacial score (nSPS) is 22.3. The summed E-state index contributed by atoms with van der Waals surface area (Å²) >= 11 is 3.15. The maximum absolute atomic E-state index is 13.0. The largest absolute Gasteiger partial charge is 0.444 e. The van der Waals surface area contributed by atoms with Gasteiger partial charge in [-0.05, 0) is 26.8 Å². The van der Waals surface area contributed by atoms with Crippen LogP contribution >= 0.6 is 15.9 Å². The van der Waals surface area contributed by atoms with Gasteiger partial charge in [0.05, 0.1) is 4.83 Å². The number of hydrogen-bond acceptors (Lipinski definition) is 2. The lowest BCUT2D eigenvalue weighted by Crippen LogP contribution is -2.42. The molecule has 0 spiro atoms. The third kappa shape index (κ3) is 3.81. The summed E-state index contributed by atoms with van der Waals surface area (Å²) < 4.78 is 18.2. The Kier molecular flexibility index (Phi) is 3.76. The van der Waals surface area contributed by atoms with Crippen LogP contribution < -0.4 is 0 Å². The van der Waals surface area contributed by atoms with Gasteiger partial charge in [0.2, 0.25) is 0 Å². The summed E-state index contributed by atoms with van der Waals surface area (Å²) in [7, 11) is 0. The number of nitrogens with zero attached hydrogens (tertiary/aromatic N) is 1. The van der Waals surface area contributed by atoms with Gasteiger partial charge >= 0.3 is 6.09 Å². The average Bonchev–Trinajstić information content (AvgIpc) is 2.06. The van der Waals surface area contributed by atoms with Gasteiger partial charge in [0.1, 0.15) is 11.4 Å². The summed E-state index contributed by atoms with van der Waals surface area (Å²) in [4.78, 5) is 12.6. The molecule has 1 aliphatic heterocycles. The Bertz CT molecular complexity index is 286. The summed E-state index contributed by atoms with van der Waals surface area (Å²) in [5.41, 5.74) is -0.515. The number of carbonyl (C=O) groups is 1. The smallest absolute Gasteiger partial charge is 0.410 e. The van der Waals surface area contributed by atoms with Gasteiger partial charge in [-0.1, -0.05) is 15.9 Å². The standard InChI is InChI=1S/C10H15BrFNO2/c1-10(2,3)15-9(14)13-5-4-8(12)7(11)6-13/h4,7H,5-6H2,1-3H3/t7-/m0/s1. The van der Waals surface area contributed by atoms with Crippen LogP contribution in [-0.4, -0.2) is 34.5 Å². The Balaban J connectivity index is 2.57. The van der Waals surface area contributed by atoms with E-state index in [-0.39, 0.29) is 12.4 Å². The Hall–Kier alpha value is -0.580. The quantitative estimate of drug-likeness (QED) is 0.638. The molecule has 5 heteroatoms. The minimum atomic E-state index is -0.515. The highest BCUT2D eigenvalue weighted by atomic mass is 79.9. The molecule has 1 atom stereocenters. The Morgan fingerprint density at radius 2 is 2.27 bits per heavy atom. The molecular weight excluding hydrogens is 265 g/mol. The number of amides is 1. The number of halogens is 2. The van der Waals surface area contributed by atoms with Crippen molar-refractivity contribution >= 4 is 22.0 Å². The maximum Gasteiger partial charge on any atom is 0.410 e. The molecule has 3 nitrogen and oxygen atoms in total. The molecule has 86 valence electrons. The first-order valence-corrected chi connectivity index (χ1v) is 5.69. The highest BCUT2D eigenvalue weighted by molar-refractivity contribution is 9.09. The molecule has 0 aromatic heterocycles. The Morgan fingerprint density at radius 3 is 2.73 bits per heavy atom. The van der Waals surface area contributed by atoms with Crippen LogP contribution in [0.4, 0.5) is 9.18 Å². The molecule has 1 aliphatic rings. The predicted molar refractivity (Wildman–Crippen MR) is 59.7 cm³/mol. The zero-order valence-electron chi connectivity index (χ0n) is 9.09. The van der Waals surface area contributed by atoms with Crippen LogP contribution in [0.3, 0.4) is 0 Å². The minimum absolute atomic E-state index is 0.227. The Labute approximate surface area is 97.4 Å². The van der Waals surface area contributed by atoms with E-state index in [1.807, 2.05) is 0 Å². The van der Waals surface area contributed by atoms with E-state index < -0.39 is 16.5 Å². The molecule has 0 N–H and O–H groups in total. The second-order valence-electron chi connectivity index (χ2n) is 4.44. The SMILES string of the molecule is CC(C)(C)OC(=O)N1CC=C(F)[C@@H](Br)C1. The fraction of sp³-hybridized carbons (Fsp3) is 0.700. The van der Waals surface area contributed by atoms with Crippen molar-refractivity contribution < 1.29 is 13.9 Å². The lowest BCUT2D eigenvalue weighted by molar-refractivity contribution is 0.0265. The second kappa shape index (κ2) is 4.51. The molecule has 1 heterocycles. The van der Waals surface area contributed by atoms with Gasteiger partial charge in [0.25, 0.3) is 0 Å². The summed E-state index contributed by atoms with van der Waals surface area (Å²) in [6.07, 6.45) is 0.975. The van der Waals surface area contributed by atoms with Gasteiger partial charge in [-0.15, -0.1) is 0 Å². The molecule has 0 aromatic carbocycles. The van der Waals surface area contributed by atoms with Crippen LogP contribution in [0.1, 0.15) is 20.8 Å². The zero-order chi connectivity index (χ0) is 11.6. The second-order valence-corrected chi connectivity index (χ2v) is 5.55. The first-order valence-electron chi connectivity index (χ1n) is 4.77. The van der Waals surface area contributed by atoms with Crippen molar-refractivity contribution in [2.45, 2.75) is 31.2 Å². The first kappa shape index (κ1) is 12.5. The summed E-state index contributed by atoms with van der Waals surface area (Å²) in [5.74, 6) is -0.227. The molecule has 0 saturated carbocycles. The molecule has 0 unspecified atom stereocenters. The number of rotatable bonds is 0. The Morgan fingerprint density at radius 1 is 1.67 bits per heavy atom. The molecule has 0 aliphatic carbocycles. The van der Waals surface area contributed by atoms with Gasteiger partial charge in [-0.25, -0.2) is 9.18 Å². The van der Waals surface area contributed by atoms with E-state index in [0.717, 1.165) is 0 Å². The molecule has 0 fully saturated rings. The van der Waals surface area contributed by atoms with Crippen molar-refractivity contribution in [3.63, 3.8) is 0 Å². The first-order chi connectivity index (χ1) is 6.79. The summed E-state index contributed by atoms with van der Waals surface area (Å²) in [6.45, 7) is 5.98. The highest BCUT2D eigenvalue weighted by Gasteiger charge is 2.27. The van der Waals surface area contributed by atoms with Crippen molar-refractivity contribution in [1.82, 2.24) is 4.90 Å². The van der Waals surface area contributed by atoms with Crippen LogP contribution in [0.25, 0.3) is 0 Å². The van der Waals surface area contributed by atoms with Crippen molar-refractivity contribution in [1.29, 1.82) is 0 Å².